The lowest BCUT2D eigenvalue weighted by molar-refractivity contribution is 0.424. The van der Waals surface area contributed by atoms with Gasteiger partial charge in [-0.2, -0.15) is 0 Å². The van der Waals surface area contributed by atoms with Gasteiger partial charge in [-0.15, -0.1) is 0 Å². The summed E-state index contributed by atoms with van der Waals surface area (Å²) in [5.74, 6) is 0.553. The Labute approximate surface area is 205 Å². The van der Waals surface area contributed by atoms with Crippen LogP contribution in [0.15, 0.2) is 70.4 Å². The van der Waals surface area contributed by atoms with Crippen LogP contribution in [0.2, 0.25) is 0 Å². The van der Waals surface area contributed by atoms with Gasteiger partial charge in [0.25, 0.3) is 5.56 Å². The second kappa shape index (κ2) is 9.58. The van der Waals surface area contributed by atoms with Gasteiger partial charge in [-0.05, 0) is 45.2 Å². The molecule has 3 heterocycles. The Morgan fingerprint density at radius 1 is 0.971 bits per heavy atom. The maximum Gasteiger partial charge on any atom is 0.250 e. The summed E-state index contributed by atoms with van der Waals surface area (Å²) >= 11 is 0. The lowest BCUT2D eigenvalue weighted by Gasteiger charge is -2.20. The first-order chi connectivity index (χ1) is 16.9. The molecule has 0 saturated heterocycles. The number of hydrogen-bond donors (Lipinski definition) is 1. The highest BCUT2D eigenvalue weighted by atomic mass is 16.5. The van der Waals surface area contributed by atoms with Crippen molar-refractivity contribution in [3.8, 4) is 34.0 Å². The van der Waals surface area contributed by atoms with Crippen molar-refractivity contribution >= 4 is 0 Å². The molecule has 5 rings (SSSR count). The molecule has 0 bridgehead atoms. The van der Waals surface area contributed by atoms with Gasteiger partial charge in [0.15, 0.2) is 5.76 Å². The van der Waals surface area contributed by atoms with E-state index in [0.29, 0.717) is 17.1 Å². The van der Waals surface area contributed by atoms with Gasteiger partial charge in [0.05, 0.1) is 18.1 Å². The predicted molar refractivity (Wildman–Crippen MR) is 137 cm³/mol. The second-order valence-electron chi connectivity index (χ2n) is 10.3. The Morgan fingerprint density at radius 2 is 1.69 bits per heavy atom. The number of aromatic nitrogens is 4. The molecule has 1 saturated carbocycles. The fourth-order valence-electron chi connectivity index (χ4n) is 4.44. The van der Waals surface area contributed by atoms with E-state index >= 15 is 0 Å². The highest BCUT2D eigenvalue weighted by Crippen LogP contribution is 2.30. The second-order valence-corrected chi connectivity index (χ2v) is 10.3. The molecule has 1 N–H and O–H groups in total. The lowest BCUT2D eigenvalue weighted by Crippen LogP contribution is -2.35. The summed E-state index contributed by atoms with van der Waals surface area (Å²) in [7, 11) is 0. The van der Waals surface area contributed by atoms with Gasteiger partial charge in [-0.3, -0.25) is 9.78 Å². The van der Waals surface area contributed by atoms with Crippen molar-refractivity contribution in [1.29, 1.82) is 0 Å². The molecule has 180 valence electrons. The van der Waals surface area contributed by atoms with Gasteiger partial charge in [-0.25, -0.2) is 4.98 Å². The number of benzene rings is 1. The van der Waals surface area contributed by atoms with E-state index in [4.69, 9.17) is 9.51 Å². The van der Waals surface area contributed by atoms with E-state index < -0.39 is 0 Å². The number of hydrogen-bond acceptors (Lipinski definition) is 6. The van der Waals surface area contributed by atoms with Gasteiger partial charge in [0.1, 0.15) is 11.4 Å². The Morgan fingerprint density at radius 3 is 2.43 bits per heavy atom. The zero-order valence-corrected chi connectivity index (χ0v) is 20.5. The van der Waals surface area contributed by atoms with Crippen LogP contribution in [0.5, 0.6) is 0 Å². The summed E-state index contributed by atoms with van der Waals surface area (Å²) in [6, 6.07) is 13.9. The zero-order chi connectivity index (χ0) is 24.4. The highest BCUT2D eigenvalue weighted by Gasteiger charge is 2.19. The number of rotatable bonds is 6. The molecular formula is C28H31N5O2. The summed E-state index contributed by atoms with van der Waals surface area (Å²) in [4.78, 5) is 21.6. The van der Waals surface area contributed by atoms with E-state index in [0.717, 1.165) is 36.2 Å². The van der Waals surface area contributed by atoms with Crippen LogP contribution in [0.1, 0.15) is 58.1 Å². The molecule has 0 amide bonds. The molecule has 1 fully saturated rings. The summed E-state index contributed by atoms with van der Waals surface area (Å²) in [5.41, 5.74) is 5.21. The summed E-state index contributed by atoms with van der Waals surface area (Å²) < 4.78 is 7.47. The molecule has 0 aliphatic heterocycles. The van der Waals surface area contributed by atoms with Crippen molar-refractivity contribution in [2.45, 2.75) is 64.6 Å². The average Bonchev–Trinajstić information content (AvgIpc) is 3.56. The number of pyridine rings is 1. The van der Waals surface area contributed by atoms with Gasteiger partial charge < -0.3 is 14.4 Å². The van der Waals surface area contributed by atoms with Crippen LogP contribution in [-0.2, 0) is 6.54 Å². The minimum absolute atomic E-state index is 0.0323. The third kappa shape index (κ3) is 5.41. The first-order valence-electron chi connectivity index (χ1n) is 12.2. The highest BCUT2D eigenvalue weighted by molar-refractivity contribution is 5.66. The van der Waals surface area contributed by atoms with Crippen LogP contribution in [0.25, 0.3) is 34.0 Å². The molecule has 4 aromatic rings. The summed E-state index contributed by atoms with van der Waals surface area (Å²) in [6.45, 7) is 7.28. The van der Waals surface area contributed by atoms with Crippen molar-refractivity contribution in [2.24, 2.45) is 0 Å². The van der Waals surface area contributed by atoms with E-state index in [9.17, 15) is 4.79 Å². The molecule has 0 unspecified atom stereocenters. The largest absolute Gasteiger partial charge is 0.354 e. The van der Waals surface area contributed by atoms with Gasteiger partial charge in [-0.1, -0.05) is 42.3 Å². The SMILES string of the molecule is CC(C)(C)NCc1ccc(-c2cc(-c3cncc(-c4ccc(=O)n(C5CCCC5)c4)n3)on2)cc1. The summed E-state index contributed by atoms with van der Waals surface area (Å²) in [6.07, 6.45) is 9.72. The van der Waals surface area contributed by atoms with Crippen LogP contribution < -0.4 is 10.9 Å². The van der Waals surface area contributed by atoms with E-state index in [2.05, 4.69) is 60.5 Å². The quantitative estimate of drug-likeness (QED) is 0.394. The fraction of sp³-hybridized carbons (Fsp3) is 0.357. The molecule has 1 aromatic carbocycles. The van der Waals surface area contributed by atoms with Crippen molar-refractivity contribution in [3.05, 3.63) is 77.0 Å². The Balaban J connectivity index is 1.36. The normalized spacial score (nSPS) is 14.5. The van der Waals surface area contributed by atoms with Crippen molar-refractivity contribution in [3.63, 3.8) is 0 Å². The van der Waals surface area contributed by atoms with E-state index in [1.807, 2.05) is 22.9 Å². The van der Waals surface area contributed by atoms with E-state index in [1.54, 1.807) is 18.5 Å². The molecule has 1 aliphatic rings. The monoisotopic (exact) mass is 469 g/mol. The molecule has 7 heteroatoms. The Hall–Kier alpha value is -3.58. The Bertz CT molecular complexity index is 1360. The topological polar surface area (TPSA) is 85.8 Å². The minimum Gasteiger partial charge on any atom is -0.354 e. The van der Waals surface area contributed by atoms with Crippen LogP contribution in [0, 0.1) is 0 Å². The van der Waals surface area contributed by atoms with Crippen LogP contribution in [-0.4, -0.2) is 25.2 Å². The fourth-order valence-corrected chi connectivity index (χ4v) is 4.44. The lowest BCUT2D eigenvalue weighted by atomic mass is 10.1. The molecule has 7 nitrogen and oxygen atoms in total. The first kappa shape index (κ1) is 23.2. The zero-order valence-electron chi connectivity index (χ0n) is 20.5. The van der Waals surface area contributed by atoms with Crippen LogP contribution >= 0.6 is 0 Å². The maximum atomic E-state index is 12.4. The third-order valence-corrected chi connectivity index (χ3v) is 6.42. The predicted octanol–water partition coefficient (Wildman–Crippen LogP) is 5.63. The molecule has 0 spiro atoms. The Kier molecular flexibility index (Phi) is 6.34. The standard InChI is InChI=1S/C28H31N5O2/c1-28(2,3)30-15-19-8-10-20(11-9-19)23-14-26(35-32-23)25-17-29-16-24(31-25)21-12-13-27(34)33(18-21)22-6-4-5-7-22/h8-14,16-18,22,30H,4-7,15H2,1-3H3. The van der Waals surface area contributed by atoms with Crippen LogP contribution in [0.3, 0.4) is 0 Å². The first-order valence-corrected chi connectivity index (χ1v) is 12.2. The van der Waals surface area contributed by atoms with Crippen molar-refractivity contribution in [1.82, 2.24) is 25.0 Å². The number of nitrogens with zero attached hydrogens (tertiary/aromatic N) is 4. The van der Waals surface area contributed by atoms with Crippen molar-refractivity contribution in [2.75, 3.05) is 0 Å². The molecule has 3 aromatic heterocycles. The molecule has 0 radical (unpaired) electrons. The number of nitrogens with one attached hydrogen (secondary N) is 1. The molecule has 35 heavy (non-hydrogen) atoms. The van der Waals surface area contributed by atoms with E-state index in [-0.39, 0.29) is 17.1 Å². The van der Waals surface area contributed by atoms with Gasteiger partial charge in [0, 0.05) is 47.6 Å². The van der Waals surface area contributed by atoms with Crippen LogP contribution in [0.4, 0.5) is 0 Å². The molecule has 0 atom stereocenters. The third-order valence-electron chi connectivity index (χ3n) is 6.42. The van der Waals surface area contributed by atoms with Gasteiger partial charge >= 0.3 is 0 Å². The van der Waals surface area contributed by atoms with E-state index in [1.165, 1.54) is 18.4 Å². The minimum atomic E-state index is 0.0323. The maximum absolute atomic E-state index is 12.4. The average molecular weight is 470 g/mol. The van der Waals surface area contributed by atoms with Gasteiger partial charge in [0.2, 0.25) is 0 Å². The smallest absolute Gasteiger partial charge is 0.250 e. The molecule has 1 aliphatic carbocycles. The summed E-state index contributed by atoms with van der Waals surface area (Å²) in [5, 5.41) is 7.75. The molecular weight excluding hydrogens is 438 g/mol. The van der Waals surface area contributed by atoms with Crippen molar-refractivity contribution < 1.29 is 4.52 Å².